The number of ketones is 1. The van der Waals surface area contributed by atoms with E-state index in [4.69, 9.17) is 4.74 Å². The number of carbonyl (C=O) groups excluding carboxylic acids is 3. The second kappa shape index (κ2) is 7.51. The SMILES string of the molecule is Cc1ccc(C(=O)COC(=O)C2CCCN2C(=O)C23CC4CC(CC(C4)C2)C3)cc1. The highest BCUT2D eigenvalue weighted by molar-refractivity contribution is 5.98. The third kappa shape index (κ3) is 3.46. The van der Waals surface area contributed by atoms with Crippen LogP contribution in [0.4, 0.5) is 0 Å². The van der Waals surface area contributed by atoms with Crippen molar-refractivity contribution in [3.05, 3.63) is 35.4 Å². The van der Waals surface area contributed by atoms with Gasteiger partial charge in [0, 0.05) is 12.1 Å². The van der Waals surface area contributed by atoms with Crippen molar-refractivity contribution in [2.24, 2.45) is 23.2 Å². The van der Waals surface area contributed by atoms with Crippen molar-refractivity contribution in [2.45, 2.75) is 64.3 Å². The Kier molecular flexibility index (Phi) is 4.95. The van der Waals surface area contributed by atoms with E-state index in [0.717, 1.165) is 31.2 Å². The topological polar surface area (TPSA) is 63.7 Å². The first-order valence-corrected chi connectivity index (χ1v) is 11.5. The van der Waals surface area contributed by atoms with Crippen molar-refractivity contribution in [3.8, 4) is 0 Å². The van der Waals surface area contributed by atoms with Crippen LogP contribution in [0.3, 0.4) is 0 Å². The van der Waals surface area contributed by atoms with Crippen LogP contribution in [0.2, 0.25) is 0 Å². The molecule has 30 heavy (non-hydrogen) atoms. The largest absolute Gasteiger partial charge is 0.456 e. The van der Waals surface area contributed by atoms with Gasteiger partial charge in [-0.05, 0) is 76.0 Å². The Morgan fingerprint density at radius 1 is 1.00 bits per heavy atom. The summed E-state index contributed by atoms with van der Waals surface area (Å²) in [5.41, 5.74) is 1.38. The van der Waals surface area contributed by atoms with Crippen LogP contribution >= 0.6 is 0 Å². The maximum absolute atomic E-state index is 13.7. The minimum atomic E-state index is -0.531. The van der Waals surface area contributed by atoms with Crippen molar-refractivity contribution in [1.29, 1.82) is 0 Å². The van der Waals surface area contributed by atoms with Crippen LogP contribution in [0.15, 0.2) is 24.3 Å². The third-order valence-electron chi connectivity index (χ3n) is 8.00. The van der Waals surface area contributed by atoms with Gasteiger partial charge >= 0.3 is 5.97 Å². The van der Waals surface area contributed by atoms with Crippen LogP contribution in [0.25, 0.3) is 0 Å². The molecule has 0 radical (unpaired) electrons. The lowest BCUT2D eigenvalue weighted by Crippen LogP contribution is -2.56. The number of hydrogen-bond donors (Lipinski definition) is 0. The van der Waals surface area contributed by atoms with Gasteiger partial charge in [-0.25, -0.2) is 4.79 Å². The number of benzene rings is 1. The molecule has 1 saturated heterocycles. The van der Waals surface area contributed by atoms with Crippen molar-refractivity contribution in [3.63, 3.8) is 0 Å². The third-order valence-corrected chi connectivity index (χ3v) is 8.00. The summed E-state index contributed by atoms with van der Waals surface area (Å²) in [6.45, 7) is 2.33. The second-order valence-corrected chi connectivity index (χ2v) is 10.3. The molecule has 1 aliphatic heterocycles. The van der Waals surface area contributed by atoms with Gasteiger partial charge in [-0.1, -0.05) is 29.8 Å². The van der Waals surface area contributed by atoms with Crippen molar-refractivity contribution >= 4 is 17.7 Å². The van der Waals surface area contributed by atoms with Crippen LogP contribution in [-0.4, -0.2) is 41.8 Å². The van der Waals surface area contributed by atoms with E-state index >= 15 is 0 Å². The number of nitrogens with zero attached hydrogens (tertiary/aromatic N) is 1. The minimum Gasteiger partial charge on any atom is -0.456 e. The Labute approximate surface area is 178 Å². The van der Waals surface area contributed by atoms with Gasteiger partial charge < -0.3 is 9.64 Å². The molecule has 0 aromatic heterocycles. The van der Waals surface area contributed by atoms with Gasteiger partial charge in [-0.3, -0.25) is 9.59 Å². The number of aryl methyl sites for hydroxylation is 1. The molecule has 160 valence electrons. The normalized spacial score (nSPS) is 34.2. The lowest BCUT2D eigenvalue weighted by atomic mass is 9.49. The highest BCUT2D eigenvalue weighted by Crippen LogP contribution is 2.60. The zero-order valence-electron chi connectivity index (χ0n) is 17.8. The monoisotopic (exact) mass is 409 g/mol. The Morgan fingerprint density at radius 2 is 1.60 bits per heavy atom. The average molecular weight is 410 g/mol. The van der Waals surface area contributed by atoms with Gasteiger partial charge in [0.25, 0.3) is 0 Å². The van der Waals surface area contributed by atoms with E-state index < -0.39 is 12.0 Å². The number of amides is 1. The summed E-state index contributed by atoms with van der Waals surface area (Å²) in [6, 6.07) is 6.72. The molecule has 5 fully saturated rings. The van der Waals surface area contributed by atoms with E-state index in [9.17, 15) is 14.4 Å². The molecule has 4 aliphatic carbocycles. The van der Waals surface area contributed by atoms with Gasteiger partial charge in [-0.15, -0.1) is 0 Å². The molecular weight excluding hydrogens is 378 g/mol. The number of rotatable bonds is 5. The Bertz CT molecular complexity index is 823. The maximum Gasteiger partial charge on any atom is 0.329 e. The van der Waals surface area contributed by atoms with Gasteiger partial charge in [0.05, 0.1) is 5.41 Å². The van der Waals surface area contributed by atoms with Gasteiger partial charge in [0.15, 0.2) is 12.4 Å². The van der Waals surface area contributed by atoms with Crippen LogP contribution in [0, 0.1) is 30.1 Å². The highest BCUT2D eigenvalue weighted by atomic mass is 16.5. The molecule has 1 heterocycles. The molecular formula is C25H31NO4. The standard InChI is InChI=1S/C25H31NO4/c1-16-4-6-20(7-5-16)22(27)15-30-23(28)21-3-2-8-26(21)24(29)25-12-17-9-18(13-25)11-19(10-17)14-25/h4-7,17-19,21H,2-3,8-15H2,1H3. The number of carbonyl (C=O) groups is 3. The first-order valence-electron chi connectivity index (χ1n) is 11.5. The summed E-state index contributed by atoms with van der Waals surface area (Å²) >= 11 is 0. The molecule has 1 amide bonds. The van der Waals surface area contributed by atoms with E-state index in [1.165, 1.54) is 19.3 Å². The molecule has 4 saturated carbocycles. The molecule has 0 spiro atoms. The molecule has 0 N–H and O–H groups in total. The predicted molar refractivity (Wildman–Crippen MR) is 112 cm³/mol. The van der Waals surface area contributed by atoms with Crippen LogP contribution in [0.1, 0.15) is 67.3 Å². The van der Waals surface area contributed by atoms with E-state index in [-0.39, 0.29) is 23.7 Å². The number of esters is 1. The molecule has 1 aromatic carbocycles. The van der Waals surface area contributed by atoms with E-state index in [1.807, 2.05) is 19.1 Å². The van der Waals surface area contributed by atoms with Crippen molar-refractivity contribution in [1.82, 2.24) is 4.90 Å². The summed E-state index contributed by atoms with van der Waals surface area (Å²) in [5.74, 6) is 1.64. The Balaban J connectivity index is 1.24. The van der Waals surface area contributed by atoms with E-state index in [2.05, 4.69) is 0 Å². The average Bonchev–Trinajstić information content (AvgIpc) is 3.20. The summed E-state index contributed by atoms with van der Waals surface area (Å²) in [4.78, 5) is 40.6. The molecule has 5 heteroatoms. The Hall–Kier alpha value is -2.17. The fourth-order valence-electron chi connectivity index (χ4n) is 6.99. The molecule has 6 rings (SSSR count). The van der Waals surface area contributed by atoms with Gasteiger partial charge in [-0.2, -0.15) is 0 Å². The minimum absolute atomic E-state index is 0.186. The molecule has 5 aliphatic rings. The summed E-state index contributed by atoms with van der Waals surface area (Å²) in [5, 5.41) is 0. The molecule has 1 atom stereocenters. The predicted octanol–water partition coefficient (Wildman–Crippen LogP) is 3.93. The summed E-state index contributed by atoms with van der Waals surface area (Å²) in [6.07, 6.45) is 8.34. The highest BCUT2D eigenvalue weighted by Gasteiger charge is 2.57. The first kappa shape index (κ1) is 19.8. The Morgan fingerprint density at radius 3 is 2.20 bits per heavy atom. The number of likely N-dealkylation sites (tertiary alicyclic amines) is 1. The zero-order chi connectivity index (χ0) is 20.9. The fourth-order valence-corrected chi connectivity index (χ4v) is 6.99. The lowest BCUT2D eigenvalue weighted by molar-refractivity contribution is -0.165. The lowest BCUT2D eigenvalue weighted by Gasteiger charge is -2.56. The second-order valence-electron chi connectivity index (χ2n) is 10.3. The van der Waals surface area contributed by atoms with Crippen LogP contribution in [-0.2, 0) is 14.3 Å². The fraction of sp³-hybridized carbons (Fsp3) is 0.640. The summed E-state index contributed by atoms with van der Waals surface area (Å²) < 4.78 is 5.39. The van der Waals surface area contributed by atoms with E-state index in [0.29, 0.717) is 36.3 Å². The van der Waals surface area contributed by atoms with Gasteiger partial charge in [0.2, 0.25) is 5.91 Å². The van der Waals surface area contributed by atoms with Crippen molar-refractivity contribution in [2.75, 3.05) is 13.2 Å². The van der Waals surface area contributed by atoms with Gasteiger partial charge in [0.1, 0.15) is 6.04 Å². The molecule has 1 unspecified atom stereocenters. The number of hydrogen-bond acceptors (Lipinski definition) is 4. The molecule has 5 nitrogen and oxygen atoms in total. The van der Waals surface area contributed by atoms with Crippen LogP contribution < -0.4 is 0 Å². The smallest absolute Gasteiger partial charge is 0.329 e. The summed E-state index contributed by atoms with van der Waals surface area (Å²) in [7, 11) is 0. The van der Waals surface area contributed by atoms with Crippen molar-refractivity contribution < 1.29 is 19.1 Å². The van der Waals surface area contributed by atoms with E-state index in [1.54, 1.807) is 17.0 Å². The first-order chi connectivity index (χ1) is 14.4. The van der Waals surface area contributed by atoms with Crippen LogP contribution in [0.5, 0.6) is 0 Å². The molecule has 1 aromatic rings. The zero-order valence-corrected chi connectivity index (χ0v) is 17.8. The number of Topliss-reactive ketones (excluding diaryl/α,β-unsaturated/α-hetero) is 1. The molecule has 4 bridgehead atoms. The number of ether oxygens (including phenoxy) is 1. The quantitative estimate of drug-likeness (QED) is 0.546. The maximum atomic E-state index is 13.7.